The lowest BCUT2D eigenvalue weighted by Crippen LogP contribution is -2.30. The summed E-state index contributed by atoms with van der Waals surface area (Å²) in [6.45, 7) is 6.58. The molecule has 0 bridgehead atoms. The van der Waals surface area contributed by atoms with Crippen LogP contribution in [0.15, 0.2) is 48.6 Å². The van der Waals surface area contributed by atoms with E-state index in [1.165, 1.54) is 148 Å². The number of carbonyl (C=O) groups is 3. The fourth-order valence-corrected chi connectivity index (χ4v) is 7.68. The molecule has 1 atom stereocenters. The average molecular weight is 883 g/mol. The van der Waals surface area contributed by atoms with Crippen molar-refractivity contribution in [3.63, 3.8) is 0 Å². The number of hydrogen-bond donors (Lipinski definition) is 0. The molecule has 0 aliphatic heterocycles. The summed E-state index contributed by atoms with van der Waals surface area (Å²) >= 11 is 0. The molecule has 0 N–H and O–H groups in total. The normalized spacial score (nSPS) is 12.4. The molecular weight excluding hydrogens is 781 g/mol. The lowest BCUT2D eigenvalue weighted by molar-refractivity contribution is -0.167. The molecule has 0 aliphatic rings. The topological polar surface area (TPSA) is 78.9 Å². The number of rotatable bonds is 49. The Bertz CT molecular complexity index is 1110. The molecule has 63 heavy (non-hydrogen) atoms. The Morgan fingerprint density at radius 1 is 0.317 bits per heavy atom. The minimum atomic E-state index is -0.779. The van der Waals surface area contributed by atoms with Gasteiger partial charge in [0.15, 0.2) is 6.10 Å². The molecule has 1 unspecified atom stereocenters. The lowest BCUT2D eigenvalue weighted by atomic mass is 10.1. The monoisotopic (exact) mass is 883 g/mol. The highest BCUT2D eigenvalue weighted by atomic mass is 16.6. The second-order valence-corrected chi connectivity index (χ2v) is 18.1. The fourth-order valence-electron chi connectivity index (χ4n) is 7.68. The largest absolute Gasteiger partial charge is 0.462 e. The minimum Gasteiger partial charge on any atom is -0.462 e. The van der Waals surface area contributed by atoms with E-state index >= 15 is 0 Å². The van der Waals surface area contributed by atoms with Crippen molar-refractivity contribution in [2.75, 3.05) is 13.2 Å². The van der Waals surface area contributed by atoms with Gasteiger partial charge in [0.05, 0.1) is 0 Å². The summed E-state index contributed by atoms with van der Waals surface area (Å²) in [5.74, 6) is -0.887. The molecular formula is C57H102O6. The number of ether oxygens (including phenoxy) is 3. The molecule has 0 aromatic rings. The molecule has 0 rings (SSSR count). The van der Waals surface area contributed by atoms with Crippen LogP contribution in [0, 0.1) is 0 Å². The maximum atomic E-state index is 12.8. The molecule has 0 aliphatic carbocycles. The molecule has 0 aromatic carbocycles. The highest BCUT2D eigenvalue weighted by Gasteiger charge is 2.19. The van der Waals surface area contributed by atoms with Gasteiger partial charge in [0.25, 0.3) is 0 Å². The van der Waals surface area contributed by atoms with Crippen LogP contribution < -0.4 is 0 Å². The fraction of sp³-hybridized carbons (Fsp3) is 0.807. The molecule has 0 aromatic heterocycles. The summed E-state index contributed by atoms with van der Waals surface area (Å²) < 4.78 is 16.8. The van der Waals surface area contributed by atoms with Crippen molar-refractivity contribution in [2.45, 2.75) is 284 Å². The predicted molar refractivity (Wildman–Crippen MR) is 270 cm³/mol. The van der Waals surface area contributed by atoms with Crippen LogP contribution in [0.2, 0.25) is 0 Å². The Kier molecular flexibility index (Phi) is 49.8. The van der Waals surface area contributed by atoms with Crippen LogP contribution >= 0.6 is 0 Å². The molecule has 0 heterocycles. The van der Waals surface area contributed by atoms with Crippen LogP contribution in [0.3, 0.4) is 0 Å². The van der Waals surface area contributed by atoms with E-state index in [4.69, 9.17) is 14.2 Å². The number of carbonyl (C=O) groups excluding carboxylic acids is 3. The highest BCUT2D eigenvalue weighted by Crippen LogP contribution is 2.15. The molecule has 6 heteroatoms. The molecule has 0 saturated carbocycles. The van der Waals surface area contributed by atoms with Crippen LogP contribution in [0.4, 0.5) is 0 Å². The maximum Gasteiger partial charge on any atom is 0.306 e. The van der Waals surface area contributed by atoms with Gasteiger partial charge in [-0.3, -0.25) is 14.4 Å². The van der Waals surface area contributed by atoms with Crippen LogP contribution in [0.25, 0.3) is 0 Å². The molecule has 0 spiro atoms. The molecule has 366 valence electrons. The Labute approximate surface area is 390 Å². The van der Waals surface area contributed by atoms with Crippen LogP contribution in [-0.4, -0.2) is 37.2 Å². The first-order valence-corrected chi connectivity index (χ1v) is 27.1. The van der Waals surface area contributed by atoms with Gasteiger partial charge < -0.3 is 14.2 Å². The minimum absolute atomic E-state index is 0.0778. The first kappa shape index (κ1) is 60.4. The van der Waals surface area contributed by atoms with E-state index in [9.17, 15) is 14.4 Å². The zero-order valence-corrected chi connectivity index (χ0v) is 41.8. The first-order valence-electron chi connectivity index (χ1n) is 27.1. The lowest BCUT2D eigenvalue weighted by Gasteiger charge is -2.18. The third-order valence-corrected chi connectivity index (χ3v) is 11.8. The van der Waals surface area contributed by atoms with Gasteiger partial charge in [-0.05, 0) is 83.5 Å². The second kappa shape index (κ2) is 52.0. The first-order chi connectivity index (χ1) is 31.0. The summed E-state index contributed by atoms with van der Waals surface area (Å²) in [5.41, 5.74) is 0. The number of unbranched alkanes of at least 4 members (excludes halogenated alkanes) is 30. The van der Waals surface area contributed by atoms with Gasteiger partial charge in [-0.2, -0.15) is 0 Å². The number of allylic oxidation sites excluding steroid dienone is 8. The van der Waals surface area contributed by atoms with Gasteiger partial charge in [0.1, 0.15) is 13.2 Å². The van der Waals surface area contributed by atoms with Crippen molar-refractivity contribution in [1.82, 2.24) is 0 Å². The summed E-state index contributed by atoms with van der Waals surface area (Å²) in [6, 6.07) is 0. The van der Waals surface area contributed by atoms with E-state index in [-0.39, 0.29) is 31.1 Å². The van der Waals surface area contributed by atoms with Gasteiger partial charge in [-0.1, -0.05) is 223 Å². The Balaban J connectivity index is 4.34. The van der Waals surface area contributed by atoms with Crippen molar-refractivity contribution in [1.29, 1.82) is 0 Å². The van der Waals surface area contributed by atoms with E-state index in [0.717, 1.165) is 89.9 Å². The van der Waals surface area contributed by atoms with E-state index in [1.807, 2.05) is 0 Å². The van der Waals surface area contributed by atoms with E-state index in [1.54, 1.807) is 0 Å². The smallest absolute Gasteiger partial charge is 0.306 e. The third kappa shape index (κ3) is 50.2. The van der Waals surface area contributed by atoms with Crippen molar-refractivity contribution >= 4 is 17.9 Å². The van der Waals surface area contributed by atoms with E-state index < -0.39 is 6.10 Å². The zero-order valence-electron chi connectivity index (χ0n) is 41.8. The Morgan fingerprint density at radius 3 is 0.905 bits per heavy atom. The molecule has 0 radical (unpaired) electrons. The van der Waals surface area contributed by atoms with Gasteiger partial charge in [-0.15, -0.1) is 0 Å². The molecule has 0 amide bonds. The highest BCUT2D eigenvalue weighted by molar-refractivity contribution is 5.71. The second-order valence-electron chi connectivity index (χ2n) is 18.1. The van der Waals surface area contributed by atoms with Crippen LogP contribution in [0.1, 0.15) is 278 Å². The van der Waals surface area contributed by atoms with Crippen molar-refractivity contribution in [3.8, 4) is 0 Å². The predicted octanol–water partition coefficient (Wildman–Crippen LogP) is 17.9. The van der Waals surface area contributed by atoms with Gasteiger partial charge in [-0.25, -0.2) is 0 Å². The summed E-state index contributed by atoms with van der Waals surface area (Å²) in [5, 5.41) is 0. The number of esters is 3. The molecule has 6 nitrogen and oxygen atoms in total. The summed E-state index contributed by atoms with van der Waals surface area (Å²) in [6.07, 6.45) is 62.3. The third-order valence-electron chi connectivity index (χ3n) is 11.8. The van der Waals surface area contributed by atoms with Crippen molar-refractivity contribution in [3.05, 3.63) is 48.6 Å². The van der Waals surface area contributed by atoms with Crippen LogP contribution in [0.5, 0.6) is 0 Å². The van der Waals surface area contributed by atoms with E-state index in [0.29, 0.717) is 19.3 Å². The Morgan fingerprint density at radius 2 is 0.571 bits per heavy atom. The van der Waals surface area contributed by atoms with Crippen LogP contribution in [-0.2, 0) is 28.6 Å². The summed E-state index contributed by atoms with van der Waals surface area (Å²) in [7, 11) is 0. The SMILES string of the molecule is CCCCC/C=C\C/C=C\CCCCCCCCCCCC(=O)OCC(COC(=O)CCCCCCCCCCCCC)OC(=O)CCCCCCC/C=C\C/C=C\CCCCC. The molecule has 0 fully saturated rings. The molecule has 0 saturated heterocycles. The number of hydrogen-bond acceptors (Lipinski definition) is 6. The van der Waals surface area contributed by atoms with Crippen molar-refractivity contribution < 1.29 is 28.6 Å². The van der Waals surface area contributed by atoms with Gasteiger partial charge >= 0.3 is 17.9 Å². The van der Waals surface area contributed by atoms with Gasteiger partial charge in [0, 0.05) is 19.3 Å². The zero-order chi connectivity index (χ0) is 45.8. The van der Waals surface area contributed by atoms with Crippen molar-refractivity contribution in [2.24, 2.45) is 0 Å². The van der Waals surface area contributed by atoms with Gasteiger partial charge in [0.2, 0.25) is 0 Å². The average Bonchev–Trinajstić information content (AvgIpc) is 3.28. The van der Waals surface area contributed by atoms with E-state index in [2.05, 4.69) is 69.4 Å². The quantitative estimate of drug-likeness (QED) is 0.0262. The standard InChI is InChI=1S/C57H102O6/c1-4-7-10-13-16-19-22-24-26-27-28-29-31-32-35-38-41-44-47-50-56(59)62-53-54(52-61-55(58)49-46-43-40-37-34-21-18-15-12-9-6-3)63-57(60)51-48-45-42-39-36-33-30-25-23-20-17-14-11-8-5-2/h16-17,19-20,24-26,30,54H,4-15,18,21-23,27-29,31-53H2,1-3H3/b19-16-,20-17-,26-24-,30-25-. The Hall–Kier alpha value is -2.63. The summed E-state index contributed by atoms with van der Waals surface area (Å²) in [4.78, 5) is 38.0. The maximum absolute atomic E-state index is 12.8.